The van der Waals surface area contributed by atoms with Gasteiger partial charge in [0.15, 0.2) is 0 Å². The molecule has 0 radical (unpaired) electrons. The molecule has 1 aromatic rings. The van der Waals surface area contributed by atoms with Crippen molar-refractivity contribution < 1.29 is 24.2 Å². The summed E-state index contributed by atoms with van der Waals surface area (Å²) in [6.45, 7) is 4.26. The highest BCUT2D eigenvalue weighted by molar-refractivity contribution is 5.67. The van der Waals surface area contributed by atoms with Crippen LogP contribution in [0.4, 0.5) is 0 Å². The number of aliphatic carboxylic acids is 1. The maximum absolute atomic E-state index is 11.3. The number of carboxylic acid groups (broad SMARTS) is 1. The van der Waals surface area contributed by atoms with Crippen molar-refractivity contribution in [1.29, 1.82) is 0 Å². The van der Waals surface area contributed by atoms with Crippen LogP contribution in [0.25, 0.3) is 0 Å². The molecule has 0 saturated carbocycles. The van der Waals surface area contributed by atoms with Gasteiger partial charge in [0.2, 0.25) is 0 Å². The minimum Gasteiger partial charge on any atom is -0.481 e. The van der Waals surface area contributed by atoms with Crippen LogP contribution in [0.2, 0.25) is 0 Å². The molecule has 0 spiro atoms. The fourth-order valence-corrected chi connectivity index (χ4v) is 3.95. The van der Waals surface area contributed by atoms with Gasteiger partial charge in [-0.25, -0.2) is 0 Å². The fourth-order valence-electron chi connectivity index (χ4n) is 3.95. The van der Waals surface area contributed by atoms with Crippen LogP contribution in [-0.2, 0) is 25.7 Å². The molecule has 1 rings (SSSR count). The first-order valence-corrected chi connectivity index (χ1v) is 12.6. The third kappa shape index (κ3) is 15.9. The molecule has 2 unspecified atom stereocenters. The average molecular weight is 449 g/mol. The van der Waals surface area contributed by atoms with E-state index in [1.807, 2.05) is 18.2 Å². The van der Waals surface area contributed by atoms with Crippen molar-refractivity contribution in [3.63, 3.8) is 0 Å². The second-order valence-corrected chi connectivity index (χ2v) is 8.78. The number of ether oxygens (including phenoxy) is 2. The van der Waals surface area contributed by atoms with Crippen molar-refractivity contribution in [1.82, 2.24) is 0 Å². The predicted molar refractivity (Wildman–Crippen MR) is 129 cm³/mol. The van der Waals surface area contributed by atoms with E-state index in [0.29, 0.717) is 19.4 Å². The molecule has 0 heterocycles. The molecule has 32 heavy (non-hydrogen) atoms. The smallest absolute Gasteiger partial charge is 0.303 e. The molecule has 0 aliphatic carbocycles. The van der Waals surface area contributed by atoms with Crippen molar-refractivity contribution in [2.75, 3.05) is 0 Å². The average Bonchev–Trinajstić information content (AvgIpc) is 2.77. The Hall–Kier alpha value is -1.88. The SMILES string of the molecule is CCCCCCCCCC(CCCCC(CCC(=O)O)OC(C)=O)OCc1ccccc1. The van der Waals surface area contributed by atoms with Crippen LogP contribution in [-0.4, -0.2) is 29.3 Å². The first-order chi connectivity index (χ1) is 15.5. The van der Waals surface area contributed by atoms with Gasteiger partial charge in [0.1, 0.15) is 6.10 Å². The minimum absolute atomic E-state index is 0.0268. The quantitative estimate of drug-likeness (QED) is 0.171. The van der Waals surface area contributed by atoms with Gasteiger partial charge in [0.25, 0.3) is 0 Å². The van der Waals surface area contributed by atoms with E-state index in [1.165, 1.54) is 57.4 Å². The first-order valence-electron chi connectivity index (χ1n) is 12.6. The largest absolute Gasteiger partial charge is 0.481 e. The van der Waals surface area contributed by atoms with Crippen LogP contribution in [0.1, 0.15) is 109 Å². The lowest BCUT2D eigenvalue weighted by atomic mass is 10.0. The highest BCUT2D eigenvalue weighted by Crippen LogP contribution is 2.19. The number of hydrogen-bond donors (Lipinski definition) is 1. The molecule has 0 bridgehead atoms. The summed E-state index contributed by atoms with van der Waals surface area (Å²) in [6, 6.07) is 10.3. The molecular weight excluding hydrogens is 404 g/mol. The van der Waals surface area contributed by atoms with E-state index in [0.717, 1.165) is 25.7 Å². The van der Waals surface area contributed by atoms with Gasteiger partial charge < -0.3 is 14.6 Å². The summed E-state index contributed by atoms with van der Waals surface area (Å²) >= 11 is 0. The zero-order valence-electron chi connectivity index (χ0n) is 20.2. The maximum Gasteiger partial charge on any atom is 0.303 e. The van der Waals surface area contributed by atoms with Crippen LogP contribution in [0.5, 0.6) is 0 Å². The Morgan fingerprint density at radius 2 is 1.38 bits per heavy atom. The van der Waals surface area contributed by atoms with Crippen molar-refractivity contribution in [2.24, 2.45) is 0 Å². The second-order valence-electron chi connectivity index (χ2n) is 8.78. The summed E-state index contributed by atoms with van der Waals surface area (Å²) in [5.41, 5.74) is 1.20. The molecule has 0 amide bonds. The third-order valence-corrected chi connectivity index (χ3v) is 5.77. The summed E-state index contributed by atoms with van der Waals surface area (Å²) in [6.07, 6.45) is 14.0. The third-order valence-electron chi connectivity index (χ3n) is 5.77. The Morgan fingerprint density at radius 3 is 1.97 bits per heavy atom. The maximum atomic E-state index is 11.3. The molecule has 0 aromatic heterocycles. The van der Waals surface area contributed by atoms with E-state index in [-0.39, 0.29) is 24.6 Å². The highest BCUT2D eigenvalue weighted by atomic mass is 16.5. The summed E-state index contributed by atoms with van der Waals surface area (Å²) in [5, 5.41) is 8.90. The zero-order chi connectivity index (χ0) is 23.4. The molecule has 0 saturated heterocycles. The number of carbonyl (C=O) groups is 2. The number of benzene rings is 1. The molecule has 0 fully saturated rings. The van der Waals surface area contributed by atoms with Crippen molar-refractivity contribution in [2.45, 2.75) is 123 Å². The van der Waals surface area contributed by atoms with E-state index in [2.05, 4.69) is 19.1 Å². The van der Waals surface area contributed by atoms with Crippen LogP contribution < -0.4 is 0 Å². The first kappa shape index (κ1) is 28.2. The van der Waals surface area contributed by atoms with E-state index in [9.17, 15) is 9.59 Å². The number of esters is 1. The normalized spacial score (nSPS) is 12.9. The summed E-state index contributed by atoms with van der Waals surface area (Å²) in [5.74, 6) is -1.20. The Balaban J connectivity index is 2.39. The summed E-state index contributed by atoms with van der Waals surface area (Å²) in [4.78, 5) is 22.1. The minimum atomic E-state index is -0.855. The Morgan fingerprint density at radius 1 is 0.812 bits per heavy atom. The van der Waals surface area contributed by atoms with Crippen LogP contribution in [0.3, 0.4) is 0 Å². The standard InChI is InChI=1S/C27H44O5/c1-3-4-5-6-7-8-12-17-25(31-22-24-15-10-9-11-16-24)18-13-14-19-26(32-23(2)28)20-21-27(29)30/h9-11,15-16,25-26H,3-8,12-14,17-22H2,1-2H3,(H,29,30). The van der Waals surface area contributed by atoms with E-state index in [1.54, 1.807) is 0 Å². The van der Waals surface area contributed by atoms with Gasteiger partial charge in [0.05, 0.1) is 12.7 Å². The van der Waals surface area contributed by atoms with Gasteiger partial charge >= 0.3 is 11.9 Å². The van der Waals surface area contributed by atoms with E-state index < -0.39 is 5.97 Å². The van der Waals surface area contributed by atoms with Gasteiger partial charge in [-0.15, -0.1) is 0 Å². The Kier molecular flexibility index (Phi) is 16.4. The van der Waals surface area contributed by atoms with Crippen LogP contribution in [0, 0.1) is 0 Å². The van der Waals surface area contributed by atoms with Gasteiger partial charge in [-0.3, -0.25) is 9.59 Å². The molecule has 1 N–H and O–H groups in total. The van der Waals surface area contributed by atoms with Crippen LogP contribution in [0.15, 0.2) is 30.3 Å². The summed E-state index contributed by atoms with van der Waals surface area (Å²) < 4.78 is 11.6. The molecule has 0 aliphatic heterocycles. The molecule has 5 nitrogen and oxygen atoms in total. The lowest BCUT2D eigenvalue weighted by Gasteiger charge is -2.20. The molecule has 182 valence electrons. The molecule has 0 aliphatic rings. The lowest BCUT2D eigenvalue weighted by molar-refractivity contribution is -0.149. The van der Waals surface area contributed by atoms with Gasteiger partial charge in [-0.05, 0) is 37.7 Å². The molecular formula is C27H44O5. The monoisotopic (exact) mass is 448 g/mol. The zero-order valence-corrected chi connectivity index (χ0v) is 20.2. The molecule has 5 heteroatoms. The van der Waals surface area contributed by atoms with Crippen molar-refractivity contribution in [3.8, 4) is 0 Å². The van der Waals surface area contributed by atoms with Crippen LogP contribution >= 0.6 is 0 Å². The fraction of sp³-hybridized carbons (Fsp3) is 0.704. The lowest BCUT2D eigenvalue weighted by Crippen LogP contribution is -2.18. The number of carbonyl (C=O) groups excluding carboxylic acids is 1. The molecule has 2 atom stereocenters. The molecule has 1 aromatic carbocycles. The van der Waals surface area contributed by atoms with Crippen molar-refractivity contribution >= 4 is 11.9 Å². The second kappa shape index (κ2) is 18.7. The summed E-state index contributed by atoms with van der Waals surface area (Å²) in [7, 11) is 0. The Labute approximate surface area is 194 Å². The van der Waals surface area contributed by atoms with Crippen molar-refractivity contribution in [3.05, 3.63) is 35.9 Å². The number of carboxylic acids is 1. The Bertz CT molecular complexity index is 601. The highest BCUT2D eigenvalue weighted by Gasteiger charge is 2.15. The van der Waals surface area contributed by atoms with Gasteiger partial charge in [-0.2, -0.15) is 0 Å². The predicted octanol–water partition coefficient (Wildman–Crippen LogP) is 7.07. The number of unbranched alkanes of at least 4 members (excludes halogenated alkanes) is 7. The topological polar surface area (TPSA) is 72.8 Å². The number of hydrogen-bond acceptors (Lipinski definition) is 4. The van der Waals surface area contributed by atoms with Gasteiger partial charge in [-0.1, -0.05) is 88.6 Å². The van der Waals surface area contributed by atoms with Gasteiger partial charge in [0, 0.05) is 13.3 Å². The van der Waals surface area contributed by atoms with E-state index >= 15 is 0 Å². The number of rotatable bonds is 20. The van der Waals surface area contributed by atoms with E-state index in [4.69, 9.17) is 14.6 Å².